The Morgan fingerprint density at radius 3 is 2.58 bits per heavy atom. The van der Waals surface area contributed by atoms with Crippen LogP contribution in [0.5, 0.6) is 17.2 Å². The molecule has 0 saturated carbocycles. The number of carboxylic acids is 1. The third kappa shape index (κ3) is 4.60. The Morgan fingerprint density at radius 1 is 1.03 bits per heavy atom. The van der Waals surface area contributed by atoms with E-state index in [0.29, 0.717) is 43.1 Å². The normalized spacial score (nSPS) is 21.6. The summed E-state index contributed by atoms with van der Waals surface area (Å²) in [6, 6.07) is 13.0. The summed E-state index contributed by atoms with van der Waals surface area (Å²) in [7, 11) is 0. The molecule has 0 aromatic heterocycles. The Balaban J connectivity index is 1.27. The van der Waals surface area contributed by atoms with Gasteiger partial charge in [-0.1, -0.05) is 12.1 Å². The van der Waals surface area contributed by atoms with Gasteiger partial charge < -0.3 is 24.1 Å². The number of ether oxygens (including phenoxy) is 4. The van der Waals surface area contributed by atoms with Crippen molar-refractivity contribution in [1.82, 2.24) is 0 Å². The number of fused-ring (bicyclic) bond motifs is 2. The highest BCUT2D eigenvalue weighted by Gasteiger charge is 2.32. The Bertz CT molecular complexity index is 1370. The van der Waals surface area contributed by atoms with E-state index in [1.165, 1.54) is 6.07 Å². The van der Waals surface area contributed by atoms with Crippen LogP contribution in [0.4, 0.5) is 4.39 Å². The van der Waals surface area contributed by atoms with E-state index in [4.69, 9.17) is 24.1 Å². The molecule has 0 radical (unpaired) electrons. The van der Waals surface area contributed by atoms with Gasteiger partial charge in [0.1, 0.15) is 35.3 Å². The Kier molecular flexibility index (Phi) is 6.48. The molecule has 6 rings (SSSR count). The first-order valence-electron chi connectivity index (χ1n) is 13.2. The molecule has 6 nitrogen and oxygen atoms in total. The summed E-state index contributed by atoms with van der Waals surface area (Å²) < 4.78 is 38.8. The zero-order chi connectivity index (χ0) is 26.4. The van der Waals surface area contributed by atoms with Gasteiger partial charge in [-0.3, -0.25) is 4.79 Å². The fourth-order valence-corrected chi connectivity index (χ4v) is 6.11. The molecule has 3 aliphatic rings. The van der Waals surface area contributed by atoms with Crippen LogP contribution >= 0.6 is 0 Å². The predicted molar refractivity (Wildman–Crippen MR) is 140 cm³/mol. The van der Waals surface area contributed by atoms with Crippen molar-refractivity contribution in [2.24, 2.45) is 0 Å². The number of carbonyl (C=O) groups is 1. The number of hydrogen-bond acceptors (Lipinski definition) is 5. The summed E-state index contributed by atoms with van der Waals surface area (Å²) in [5.41, 5.74) is 6.78. The van der Waals surface area contributed by atoms with Crippen molar-refractivity contribution in [3.05, 3.63) is 76.1 Å². The van der Waals surface area contributed by atoms with Crippen LogP contribution in [0.2, 0.25) is 0 Å². The average Bonchev–Trinajstić information content (AvgIpc) is 3.61. The van der Waals surface area contributed by atoms with Gasteiger partial charge in [0, 0.05) is 29.5 Å². The van der Waals surface area contributed by atoms with Gasteiger partial charge in [0.05, 0.1) is 26.2 Å². The molecule has 0 amide bonds. The number of halogens is 1. The van der Waals surface area contributed by atoms with Gasteiger partial charge in [0.2, 0.25) is 0 Å². The number of carboxylic acid groups (broad SMARTS) is 1. The van der Waals surface area contributed by atoms with Crippen LogP contribution in [-0.4, -0.2) is 37.0 Å². The van der Waals surface area contributed by atoms with E-state index < -0.39 is 12.1 Å². The van der Waals surface area contributed by atoms with Gasteiger partial charge in [-0.05, 0) is 78.8 Å². The fraction of sp³-hybridized carbons (Fsp3) is 0.387. The number of hydrogen-bond donors (Lipinski definition) is 1. The second kappa shape index (κ2) is 9.95. The molecule has 2 aliphatic heterocycles. The third-order valence-electron chi connectivity index (χ3n) is 7.81. The molecule has 1 N–H and O–H groups in total. The van der Waals surface area contributed by atoms with Crippen molar-refractivity contribution in [1.29, 1.82) is 0 Å². The summed E-state index contributed by atoms with van der Waals surface area (Å²) in [6.45, 7) is 5.83. The lowest BCUT2D eigenvalue weighted by Gasteiger charge is -2.20. The van der Waals surface area contributed by atoms with Crippen molar-refractivity contribution < 1.29 is 33.2 Å². The molecule has 0 spiro atoms. The van der Waals surface area contributed by atoms with Gasteiger partial charge in [0.15, 0.2) is 0 Å². The molecule has 7 heteroatoms. The van der Waals surface area contributed by atoms with Gasteiger partial charge in [-0.25, -0.2) is 4.39 Å². The van der Waals surface area contributed by atoms with Crippen LogP contribution in [0.3, 0.4) is 0 Å². The van der Waals surface area contributed by atoms with Crippen LogP contribution in [0.25, 0.3) is 11.1 Å². The van der Waals surface area contributed by atoms with Crippen LogP contribution < -0.4 is 14.2 Å². The van der Waals surface area contributed by atoms with Crippen LogP contribution in [-0.2, 0) is 16.0 Å². The third-order valence-corrected chi connectivity index (χ3v) is 7.81. The summed E-state index contributed by atoms with van der Waals surface area (Å²) in [5, 5.41) is 9.15. The van der Waals surface area contributed by atoms with E-state index in [0.717, 1.165) is 52.2 Å². The molecule has 1 aliphatic carbocycles. The van der Waals surface area contributed by atoms with Crippen molar-refractivity contribution in [3.63, 3.8) is 0 Å². The maximum atomic E-state index is 15.2. The minimum atomic E-state index is -0.850. The fourth-order valence-electron chi connectivity index (χ4n) is 6.11. The summed E-state index contributed by atoms with van der Waals surface area (Å²) in [5.74, 6) is 0.784. The lowest BCUT2D eigenvalue weighted by atomic mass is 9.90. The van der Waals surface area contributed by atoms with Crippen LogP contribution in [0, 0.1) is 19.7 Å². The van der Waals surface area contributed by atoms with E-state index in [-0.39, 0.29) is 24.3 Å². The van der Waals surface area contributed by atoms with Crippen molar-refractivity contribution in [3.8, 4) is 28.4 Å². The second-order valence-electron chi connectivity index (χ2n) is 10.5. The van der Waals surface area contributed by atoms with E-state index in [9.17, 15) is 4.79 Å². The largest absolute Gasteiger partial charge is 0.492 e. The topological polar surface area (TPSA) is 74.2 Å². The van der Waals surface area contributed by atoms with Gasteiger partial charge in [0.25, 0.3) is 0 Å². The van der Waals surface area contributed by atoms with E-state index >= 15 is 4.39 Å². The first kappa shape index (κ1) is 24.7. The number of aliphatic carboxylic acids is 1. The van der Waals surface area contributed by atoms with E-state index in [1.807, 2.05) is 18.2 Å². The van der Waals surface area contributed by atoms with E-state index in [2.05, 4.69) is 26.0 Å². The molecule has 1 saturated heterocycles. The summed E-state index contributed by atoms with van der Waals surface area (Å²) in [6.07, 6.45) is 1.98. The van der Waals surface area contributed by atoms with Crippen LogP contribution in [0.15, 0.2) is 42.5 Å². The maximum Gasteiger partial charge on any atom is 0.304 e. The molecule has 3 aromatic carbocycles. The van der Waals surface area contributed by atoms with Crippen molar-refractivity contribution in [2.45, 2.75) is 57.7 Å². The first-order chi connectivity index (χ1) is 18.4. The molecular formula is C31H31FO6. The zero-order valence-corrected chi connectivity index (χ0v) is 21.6. The summed E-state index contributed by atoms with van der Waals surface area (Å²) in [4.78, 5) is 11.1. The first-order valence-corrected chi connectivity index (χ1v) is 13.2. The summed E-state index contributed by atoms with van der Waals surface area (Å²) >= 11 is 0. The quantitative estimate of drug-likeness (QED) is 0.396. The molecule has 38 heavy (non-hydrogen) atoms. The molecule has 1 fully saturated rings. The number of benzene rings is 3. The van der Waals surface area contributed by atoms with Crippen molar-refractivity contribution in [2.75, 3.05) is 19.8 Å². The molecular weight excluding hydrogens is 487 g/mol. The molecule has 2 heterocycles. The molecule has 198 valence electrons. The zero-order valence-electron chi connectivity index (χ0n) is 21.6. The Morgan fingerprint density at radius 2 is 1.84 bits per heavy atom. The van der Waals surface area contributed by atoms with Gasteiger partial charge in [-0.15, -0.1) is 0 Å². The lowest BCUT2D eigenvalue weighted by Crippen LogP contribution is -2.15. The highest BCUT2D eigenvalue weighted by Crippen LogP contribution is 2.45. The Hall–Kier alpha value is -3.58. The molecule has 3 aromatic rings. The average molecular weight is 519 g/mol. The Labute approximate surface area is 221 Å². The standard InChI is InChI=1S/C31H31FO6/c1-17-11-22(37-21-9-10-35-16-21)12-18(2)30(17)24-5-7-26(32)31-25(24)6-8-27(31)38-20-3-4-23-19(13-29(33)34)15-36-28(23)14-20/h3-5,7,11-12,14,19,21,27H,6,8-10,13,15-16H2,1-2H3,(H,33,34)/t19?,21?,27-/m1/s1. The number of aryl methyl sites for hydroxylation is 2. The number of rotatable bonds is 7. The minimum absolute atomic E-state index is 0.0259. The monoisotopic (exact) mass is 518 g/mol. The molecule has 2 unspecified atom stereocenters. The van der Waals surface area contributed by atoms with Crippen molar-refractivity contribution >= 4 is 5.97 Å². The van der Waals surface area contributed by atoms with Gasteiger partial charge >= 0.3 is 5.97 Å². The second-order valence-corrected chi connectivity index (χ2v) is 10.5. The highest BCUT2D eigenvalue weighted by molar-refractivity contribution is 5.76. The van der Waals surface area contributed by atoms with E-state index in [1.54, 1.807) is 6.07 Å². The lowest BCUT2D eigenvalue weighted by molar-refractivity contribution is -0.137. The maximum absolute atomic E-state index is 15.2. The molecule has 0 bridgehead atoms. The molecule has 3 atom stereocenters. The van der Waals surface area contributed by atoms with Gasteiger partial charge in [-0.2, -0.15) is 0 Å². The smallest absolute Gasteiger partial charge is 0.304 e. The highest BCUT2D eigenvalue weighted by atomic mass is 19.1. The van der Waals surface area contributed by atoms with Crippen LogP contribution in [0.1, 0.15) is 59.1 Å². The SMILES string of the molecule is Cc1cc(OC2CCOC2)cc(C)c1-c1ccc(F)c2c1CC[C@H]2Oc1ccc2c(c1)OCC2CC(=O)O. The predicted octanol–water partition coefficient (Wildman–Crippen LogP) is 6.29. The minimum Gasteiger partial charge on any atom is -0.492 e.